The summed E-state index contributed by atoms with van der Waals surface area (Å²) in [5, 5.41) is 3.36. The number of benzene rings is 4. The second-order valence-electron chi connectivity index (χ2n) is 10.5. The van der Waals surface area contributed by atoms with Gasteiger partial charge in [-0.1, -0.05) is 101 Å². The zero-order valence-corrected chi connectivity index (χ0v) is 27.7. The third-order valence-corrected chi connectivity index (χ3v) is 9.74. The van der Waals surface area contributed by atoms with E-state index in [2.05, 4.69) is 21.2 Å². The fourth-order valence-corrected chi connectivity index (χ4v) is 6.76. The van der Waals surface area contributed by atoms with Crippen LogP contribution in [0.15, 0.2) is 119 Å². The first-order valence-electron chi connectivity index (χ1n) is 14.3. The summed E-state index contributed by atoms with van der Waals surface area (Å²) in [6.45, 7) is 3.41. The Morgan fingerprint density at radius 1 is 0.864 bits per heavy atom. The van der Waals surface area contributed by atoms with E-state index < -0.39 is 28.5 Å². The molecule has 230 valence electrons. The first kappa shape index (κ1) is 33.2. The van der Waals surface area contributed by atoms with E-state index >= 15 is 0 Å². The number of hydrogen-bond acceptors (Lipinski definition) is 4. The first-order chi connectivity index (χ1) is 21.1. The number of sulfonamides is 1. The van der Waals surface area contributed by atoms with Gasteiger partial charge in [0.05, 0.1) is 10.6 Å². The van der Waals surface area contributed by atoms with Crippen LogP contribution in [0.25, 0.3) is 0 Å². The third kappa shape index (κ3) is 8.71. The number of amides is 2. The summed E-state index contributed by atoms with van der Waals surface area (Å²) < 4.78 is 29.9. The van der Waals surface area contributed by atoms with E-state index in [-0.39, 0.29) is 35.5 Å². The lowest BCUT2D eigenvalue weighted by Crippen LogP contribution is -2.54. The standard InChI is InChI=1S/C34H35BrClN3O4S/c1-3-25(2)37-34(41)32(21-26-12-6-4-7-13-26)38(23-27-14-10-15-28(35)20-27)33(40)24-39(30-17-11-16-29(36)22-30)44(42,43)31-18-8-5-9-19-31/h4-20,22,25,32H,3,21,23-24H2,1-2H3,(H,37,41)/t25-,32-/m1/s1. The maximum absolute atomic E-state index is 14.5. The quantitative estimate of drug-likeness (QED) is 0.166. The molecular formula is C34H35BrClN3O4S. The number of nitrogens with zero attached hydrogens (tertiary/aromatic N) is 2. The van der Waals surface area contributed by atoms with Crippen molar-refractivity contribution in [1.82, 2.24) is 10.2 Å². The normalized spacial score (nSPS) is 12.6. The van der Waals surface area contributed by atoms with Crippen molar-refractivity contribution >= 4 is 55.1 Å². The highest BCUT2D eigenvalue weighted by atomic mass is 79.9. The average Bonchev–Trinajstić information content (AvgIpc) is 3.02. The molecule has 10 heteroatoms. The molecule has 0 aliphatic carbocycles. The van der Waals surface area contributed by atoms with Crippen molar-refractivity contribution in [3.05, 3.63) is 130 Å². The van der Waals surface area contributed by atoms with Crippen LogP contribution in [0.3, 0.4) is 0 Å². The lowest BCUT2D eigenvalue weighted by Gasteiger charge is -2.34. The number of halogens is 2. The van der Waals surface area contributed by atoms with Crippen molar-refractivity contribution in [2.75, 3.05) is 10.8 Å². The van der Waals surface area contributed by atoms with Crippen LogP contribution in [0.4, 0.5) is 5.69 Å². The van der Waals surface area contributed by atoms with Crippen molar-refractivity contribution < 1.29 is 18.0 Å². The minimum Gasteiger partial charge on any atom is -0.352 e. The Kier molecular flexibility index (Phi) is 11.6. The second-order valence-corrected chi connectivity index (χ2v) is 13.7. The van der Waals surface area contributed by atoms with Gasteiger partial charge in [-0.05, 0) is 66.9 Å². The van der Waals surface area contributed by atoms with Crippen LogP contribution in [0.2, 0.25) is 5.02 Å². The average molecular weight is 697 g/mol. The van der Waals surface area contributed by atoms with Gasteiger partial charge in [0.15, 0.2) is 0 Å². The zero-order valence-electron chi connectivity index (χ0n) is 24.6. The van der Waals surface area contributed by atoms with Crippen LogP contribution in [-0.4, -0.2) is 43.8 Å². The topological polar surface area (TPSA) is 86.8 Å². The van der Waals surface area contributed by atoms with Crippen LogP contribution < -0.4 is 9.62 Å². The van der Waals surface area contributed by atoms with E-state index in [1.165, 1.54) is 23.1 Å². The van der Waals surface area contributed by atoms with Crippen molar-refractivity contribution in [2.45, 2.75) is 50.2 Å². The zero-order chi connectivity index (χ0) is 31.7. The molecule has 0 spiro atoms. The molecule has 0 fully saturated rings. The highest BCUT2D eigenvalue weighted by Gasteiger charge is 2.35. The van der Waals surface area contributed by atoms with Crippen LogP contribution >= 0.6 is 27.5 Å². The van der Waals surface area contributed by atoms with Crippen LogP contribution in [0.5, 0.6) is 0 Å². The molecule has 1 N–H and O–H groups in total. The molecule has 44 heavy (non-hydrogen) atoms. The number of rotatable bonds is 13. The number of nitrogens with one attached hydrogen (secondary N) is 1. The maximum Gasteiger partial charge on any atom is 0.264 e. The summed E-state index contributed by atoms with van der Waals surface area (Å²) in [5.74, 6) is -0.850. The molecular weight excluding hydrogens is 662 g/mol. The molecule has 0 aliphatic rings. The fraction of sp³-hybridized carbons (Fsp3) is 0.235. The van der Waals surface area contributed by atoms with Crippen molar-refractivity contribution in [2.24, 2.45) is 0 Å². The molecule has 0 saturated carbocycles. The predicted octanol–water partition coefficient (Wildman–Crippen LogP) is 6.85. The Balaban J connectivity index is 1.80. The summed E-state index contributed by atoms with van der Waals surface area (Å²) in [4.78, 5) is 29.8. The van der Waals surface area contributed by atoms with Crippen molar-refractivity contribution in [3.63, 3.8) is 0 Å². The smallest absolute Gasteiger partial charge is 0.264 e. The molecule has 0 bridgehead atoms. The fourth-order valence-electron chi connectivity index (χ4n) is 4.71. The van der Waals surface area contributed by atoms with Gasteiger partial charge in [0.25, 0.3) is 10.0 Å². The lowest BCUT2D eigenvalue weighted by atomic mass is 10.0. The van der Waals surface area contributed by atoms with Gasteiger partial charge in [-0.3, -0.25) is 13.9 Å². The third-order valence-electron chi connectivity index (χ3n) is 7.22. The van der Waals surface area contributed by atoms with E-state index in [4.69, 9.17) is 11.6 Å². The lowest BCUT2D eigenvalue weighted by molar-refractivity contribution is -0.140. The molecule has 2 atom stereocenters. The van der Waals surface area contributed by atoms with Gasteiger partial charge in [-0.25, -0.2) is 8.42 Å². The minimum absolute atomic E-state index is 0.0293. The molecule has 2 amide bonds. The molecule has 4 aromatic rings. The van der Waals surface area contributed by atoms with E-state index in [0.29, 0.717) is 11.4 Å². The molecule has 0 radical (unpaired) electrons. The van der Waals surface area contributed by atoms with Crippen molar-refractivity contribution in [1.29, 1.82) is 0 Å². The highest BCUT2D eigenvalue weighted by Crippen LogP contribution is 2.27. The summed E-state index contributed by atoms with van der Waals surface area (Å²) in [6.07, 6.45) is 0.951. The SMILES string of the molecule is CC[C@@H](C)NC(=O)[C@@H](Cc1ccccc1)N(Cc1cccc(Br)c1)C(=O)CN(c1cccc(Cl)c1)S(=O)(=O)c1ccccc1. The minimum atomic E-state index is -4.19. The molecule has 4 aromatic carbocycles. The molecule has 0 saturated heterocycles. The number of carbonyl (C=O) groups excluding carboxylic acids is 2. The first-order valence-corrected chi connectivity index (χ1v) is 16.9. The van der Waals surface area contributed by atoms with E-state index in [1.807, 2.05) is 68.4 Å². The summed E-state index contributed by atoms with van der Waals surface area (Å²) in [5.41, 5.74) is 1.88. The maximum atomic E-state index is 14.5. The monoisotopic (exact) mass is 695 g/mol. The Morgan fingerprint density at radius 3 is 2.14 bits per heavy atom. The Bertz CT molecular complexity index is 1670. The number of hydrogen-bond donors (Lipinski definition) is 1. The largest absolute Gasteiger partial charge is 0.352 e. The van der Waals surface area contributed by atoms with Gasteiger partial charge < -0.3 is 10.2 Å². The Labute approximate surface area is 273 Å². The van der Waals surface area contributed by atoms with Gasteiger partial charge in [0.1, 0.15) is 12.6 Å². The van der Waals surface area contributed by atoms with E-state index in [0.717, 1.165) is 19.9 Å². The van der Waals surface area contributed by atoms with Gasteiger partial charge >= 0.3 is 0 Å². The molecule has 4 rings (SSSR count). The van der Waals surface area contributed by atoms with Gasteiger partial charge in [0.2, 0.25) is 11.8 Å². The van der Waals surface area contributed by atoms with Gasteiger partial charge in [-0.2, -0.15) is 0 Å². The molecule has 7 nitrogen and oxygen atoms in total. The predicted molar refractivity (Wildman–Crippen MR) is 179 cm³/mol. The number of anilines is 1. The molecule has 0 aliphatic heterocycles. The van der Waals surface area contributed by atoms with Gasteiger partial charge in [0, 0.05) is 28.5 Å². The Morgan fingerprint density at radius 2 is 1.50 bits per heavy atom. The van der Waals surface area contributed by atoms with E-state index in [1.54, 1.807) is 36.4 Å². The Hall–Kier alpha value is -3.66. The van der Waals surface area contributed by atoms with Crippen LogP contribution in [0, 0.1) is 0 Å². The van der Waals surface area contributed by atoms with Crippen LogP contribution in [-0.2, 0) is 32.6 Å². The van der Waals surface area contributed by atoms with Crippen LogP contribution in [0.1, 0.15) is 31.4 Å². The van der Waals surface area contributed by atoms with Gasteiger partial charge in [-0.15, -0.1) is 0 Å². The summed E-state index contributed by atoms with van der Waals surface area (Å²) in [6, 6.07) is 30.2. The van der Waals surface area contributed by atoms with Crippen molar-refractivity contribution in [3.8, 4) is 0 Å². The molecule has 0 heterocycles. The second kappa shape index (κ2) is 15.4. The molecule has 0 aromatic heterocycles. The molecule has 0 unspecified atom stereocenters. The summed E-state index contributed by atoms with van der Waals surface area (Å²) >= 11 is 9.77. The highest BCUT2D eigenvalue weighted by molar-refractivity contribution is 9.10. The summed E-state index contributed by atoms with van der Waals surface area (Å²) in [7, 11) is -4.19. The number of carbonyl (C=O) groups is 2. The van der Waals surface area contributed by atoms with E-state index in [9.17, 15) is 18.0 Å².